The highest BCUT2D eigenvalue weighted by Crippen LogP contribution is 2.28. The summed E-state index contributed by atoms with van der Waals surface area (Å²) < 4.78 is 6.67. The average molecular weight is 522 g/mol. The Hall–Kier alpha value is -3.83. The standard InChI is InChI=1S/C26H31N7O3S/c1-5-32(6-2)17(4)15-27-25(34)18-13-21(29-23(14-18)31-26(35)36-7-3)19-16-28-33-11-10-20(30-24(19)33)22-9-8-12-37-22/h8-14,16-17H,5-7,15H2,1-4H3,(H,27,34)(H,29,31,35)/t17-/m0/s1. The first-order valence-electron chi connectivity index (χ1n) is 12.3. The number of rotatable bonds is 10. The van der Waals surface area contributed by atoms with Crippen molar-refractivity contribution in [2.24, 2.45) is 0 Å². The lowest BCUT2D eigenvalue weighted by molar-refractivity contribution is 0.0937. The Morgan fingerprint density at radius 3 is 2.65 bits per heavy atom. The molecule has 2 N–H and O–H groups in total. The van der Waals surface area contributed by atoms with Crippen molar-refractivity contribution in [2.75, 3.05) is 31.6 Å². The summed E-state index contributed by atoms with van der Waals surface area (Å²) in [5.41, 5.74) is 2.86. The molecule has 0 bridgehead atoms. The number of hydrogen-bond donors (Lipinski definition) is 2. The van der Waals surface area contributed by atoms with Gasteiger partial charge in [-0.1, -0.05) is 19.9 Å². The van der Waals surface area contributed by atoms with E-state index in [0.717, 1.165) is 23.7 Å². The van der Waals surface area contributed by atoms with E-state index in [9.17, 15) is 9.59 Å². The van der Waals surface area contributed by atoms with E-state index in [1.54, 1.807) is 35.0 Å². The van der Waals surface area contributed by atoms with E-state index in [1.807, 2.05) is 29.8 Å². The zero-order valence-corrected chi connectivity index (χ0v) is 22.2. The summed E-state index contributed by atoms with van der Waals surface area (Å²) in [6, 6.07) is 9.28. The van der Waals surface area contributed by atoms with E-state index < -0.39 is 6.09 Å². The zero-order chi connectivity index (χ0) is 26.4. The van der Waals surface area contributed by atoms with E-state index in [4.69, 9.17) is 9.72 Å². The Morgan fingerprint density at radius 2 is 1.95 bits per heavy atom. The van der Waals surface area contributed by atoms with E-state index in [0.29, 0.717) is 29.0 Å². The number of carbonyl (C=O) groups excluding carboxylic acids is 2. The van der Waals surface area contributed by atoms with E-state index in [-0.39, 0.29) is 24.4 Å². The first-order valence-corrected chi connectivity index (χ1v) is 13.2. The lowest BCUT2D eigenvalue weighted by Crippen LogP contribution is -2.42. The van der Waals surface area contributed by atoms with Crippen LogP contribution in [0.4, 0.5) is 10.6 Å². The number of anilines is 1. The highest BCUT2D eigenvalue weighted by atomic mass is 32.1. The molecule has 0 saturated carbocycles. The normalized spacial score (nSPS) is 12.0. The summed E-state index contributed by atoms with van der Waals surface area (Å²) in [6.07, 6.45) is 2.84. The summed E-state index contributed by atoms with van der Waals surface area (Å²) >= 11 is 1.60. The van der Waals surface area contributed by atoms with Crippen LogP contribution in [0.1, 0.15) is 38.1 Å². The van der Waals surface area contributed by atoms with Crippen LogP contribution in [0.2, 0.25) is 0 Å². The molecule has 0 aliphatic rings. The lowest BCUT2D eigenvalue weighted by atomic mass is 10.1. The topological polar surface area (TPSA) is 114 Å². The molecule has 1 atom stereocenters. The third-order valence-electron chi connectivity index (χ3n) is 6.01. The molecule has 2 amide bonds. The van der Waals surface area contributed by atoms with Gasteiger partial charge in [0.2, 0.25) is 0 Å². The van der Waals surface area contributed by atoms with Crippen LogP contribution in [0.25, 0.3) is 27.5 Å². The van der Waals surface area contributed by atoms with Crippen molar-refractivity contribution in [2.45, 2.75) is 33.7 Å². The molecule has 4 rings (SSSR count). The van der Waals surface area contributed by atoms with E-state index >= 15 is 0 Å². The molecule has 4 aromatic rings. The Bertz CT molecular complexity index is 1370. The van der Waals surface area contributed by atoms with Crippen molar-refractivity contribution >= 4 is 34.8 Å². The zero-order valence-electron chi connectivity index (χ0n) is 21.4. The predicted octanol–water partition coefficient (Wildman–Crippen LogP) is 4.55. The molecule has 0 radical (unpaired) electrons. The predicted molar refractivity (Wildman–Crippen MR) is 145 cm³/mol. The number of amides is 2. The van der Waals surface area contributed by atoms with Gasteiger partial charge >= 0.3 is 6.09 Å². The van der Waals surface area contributed by atoms with Gasteiger partial charge in [0, 0.05) is 24.3 Å². The number of thiophene rings is 1. The molecule has 4 heterocycles. The Labute approximate surface area is 219 Å². The molecule has 37 heavy (non-hydrogen) atoms. The fourth-order valence-corrected chi connectivity index (χ4v) is 4.76. The second-order valence-electron chi connectivity index (χ2n) is 8.37. The van der Waals surface area contributed by atoms with Gasteiger partial charge in [-0.2, -0.15) is 5.10 Å². The van der Waals surface area contributed by atoms with Crippen LogP contribution in [0.3, 0.4) is 0 Å². The molecule has 0 aliphatic heterocycles. The second kappa shape index (κ2) is 11.9. The van der Waals surface area contributed by atoms with Crippen molar-refractivity contribution in [3.05, 3.63) is 53.7 Å². The van der Waals surface area contributed by atoms with E-state index in [1.165, 1.54) is 6.07 Å². The number of aromatic nitrogens is 4. The molecular weight excluding hydrogens is 490 g/mol. The number of pyridine rings is 1. The van der Waals surface area contributed by atoms with Crippen molar-refractivity contribution in [1.82, 2.24) is 29.8 Å². The number of nitrogens with one attached hydrogen (secondary N) is 2. The number of nitrogens with zero attached hydrogens (tertiary/aromatic N) is 5. The number of fused-ring (bicyclic) bond motifs is 1. The van der Waals surface area contributed by atoms with Gasteiger partial charge in [-0.15, -0.1) is 11.3 Å². The quantitative estimate of drug-likeness (QED) is 0.315. The molecule has 0 aliphatic carbocycles. The molecule has 11 heteroatoms. The molecule has 10 nitrogen and oxygen atoms in total. The number of ether oxygens (including phenoxy) is 1. The largest absolute Gasteiger partial charge is 0.450 e. The summed E-state index contributed by atoms with van der Waals surface area (Å²) in [6.45, 7) is 10.5. The van der Waals surface area contributed by atoms with Crippen LogP contribution < -0.4 is 10.6 Å². The van der Waals surface area contributed by atoms with Gasteiger partial charge < -0.3 is 10.1 Å². The number of hydrogen-bond acceptors (Lipinski definition) is 8. The van der Waals surface area contributed by atoms with Gasteiger partial charge in [-0.05, 0) is 56.6 Å². The van der Waals surface area contributed by atoms with Gasteiger partial charge in [0.25, 0.3) is 5.91 Å². The first kappa shape index (κ1) is 26.2. The fourth-order valence-electron chi connectivity index (χ4n) is 4.07. The molecule has 0 aromatic carbocycles. The molecule has 0 spiro atoms. The fraction of sp³-hybridized carbons (Fsp3) is 0.346. The van der Waals surface area contributed by atoms with Gasteiger partial charge in [-0.3, -0.25) is 15.0 Å². The molecule has 4 aromatic heterocycles. The number of carbonyl (C=O) groups is 2. The van der Waals surface area contributed by atoms with Crippen molar-refractivity contribution in [1.29, 1.82) is 0 Å². The summed E-state index contributed by atoms with van der Waals surface area (Å²) in [5.74, 6) is -0.0649. The Morgan fingerprint density at radius 1 is 1.14 bits per heavy atom. The van der Waals surface area contributed by atoms with Crippen LogP contribution in [0, 0.1) is 0 Å². The molecule has 194 valence electrons. The van der Waals surface area contributed by atoms with Crippen LogP contribution >= 0.6 is 11.3 Å². The average Bonchev–Trinajstić information content (AvgIpc) is 3.58. The molecule has 0 fully saturated rings. The van der Waals surface area contributed by atoms with Crippen LogP contribution in [0.5, 0.6) is 0 Å². The summed E-state index contributed by atoms with van der Waals surface area (Å²) in [7, 11) is 0. The molecule has 0 saturated heterocycles. The maximum atomic E-state index is 13.2. The maximum absolute atomic E-state index is 13.2. The van der Waals surface area contributed by atoms with Crippen LogP contribution in [-0.4, -0.2) is 68.8 Å². The third kappa shape index (κ3) is 6.12. The minimum absolute atomic E-state index is 0.178. The highest BCUT2D eigenvalue weighted by Gasteiger charge is 2.18. The minimum Gasteiger partial charge on any atom is -0.450 e. The molecule has 0 unspecified atom stereocenters. The van der Waals surface area contributed by atoms with Gasteiger partial charge in [0.1, 0.15) is 5.82 Å². The first-order chi connectivity index (χ1) is 17.9. The number of likely N-dealkylation sites (N-methyl/N-ethyl adjacent to an activating group) is 1. The second-order valence-corrected chi connectivity index (χ2v) is 9.32. The Balaban J connectivity index is 1.69. The van der Waals surface area contributed by atoms with Crippen LogP contribution in [0.15, 0.2) is 48.1 Å². The Kier molecular flexibility index (Phi) is 8.47. The molecular formula is C26H31N7O3S. The SMILES string of the molecule is CCOC(=O)Nc1cc(C(=O)NC[C@H](C)N(CC)CC)cc(-c2cnn3ccc(-c4cccs4)nc23)n1. The van der Waals surface area contributed by atoms with Crippen LogP contribution in [-0.2, 0) is 4.74 Å². The van der Waals surface area contributed by atoms with Gasteiger partial charge in [-0.25, -0.2) is 19.3 Å². The summed E-state index contributed by atoms with van der Waals surface area (Å²) in [5, 5.41) is 12.0. The van der Waals surface area contributed by atoms with Crippen molar-refractivity contribution in [3.63, 3.8) is 0 Å². The van der Waals surface area contributed by atoms with Gasteiger partial charge in [0.05, 0.1) is 34.6 Å². The monoisotopic (exact) mass is 521 g/mol. The van der Waals surface area contributed by atoms with Gasteiger partial charge in [0.15, 0.2) is 5.65 Å². The van der Waals surface area contributed by atoms with E-state index in [2.05, 4.69) is 46.4 Å². The minimum atomic E-state index is -0.647. The third-order valence-corrected chi connectivity index (χ3v) is 6.90. The summed E-state index contributed by atoms with van der Waals surface area (Å²) in [4.78, 5) is 38.0. The highest BCUT2D eigenvalue weighted by molar-refractivity contribution is 7.13. The smallest absolute Gasteiger partial charge is 0.412 e. The maximum Gasteiger partial charge on any atom is 0.412 e. The van der Waals surface area contributed by atoms with Crippen molar-refractivity contribution in [3.8, 4) is 21.8 Å². The van der Waals surface area contributed by atoms with Crippen molar-refractivity contribution < 1.29 is 14.3 Å². The lowest BCUT2D eigenvalue weighted by Gasteiger charge is -2.26.